The highest BCUT2D eigenvalue weighted by Crippen LogP contribution is 2.07. The minimum Gasteiger partial charge on any atom is -0.355 e. The Bertz CT molecular complexity index is 630. The van der Waals surface area contributed by atoms with Crippen LogP contribution >= 0.6 is 0 Å². The van der Waals surface area contributed by atoms with Gasteiger partial charge in [-0.3, -0.25) is 4.79 Å². The Morgan fingerprint density at radius 2 is 1.73 bits per heavy atom. The Balaban J connectivity index is 1.83. The predicted octanol–water partition coefficient (Wildman–Crippen LogP) is 3.24. The zero-order valence-electron chi connectivity index (χ0n) is 13.1. The molecule has 2 aromatic rings. The van der Waals surface area contributed by atoms with E-state index in [2.05, 4.69) is 35.8 Å². The molecule has 2 N–H and O–H groups in total. The first-order valence-corrected chi connectivity index (χ1v) is 7.43. The third-order valence-electron chi connectivity index (χ3n) is 3.39. The van der Waals surface area contributed by atoms with Gasteiger partial charge in [-0.1, -0.05) is 54.1 Å². The van der Waals surface area contributed by atoms with E-state index < -0.39 is 0 Å². The van der Waals surface area contributed by atoms with Crippen molar-refractivity contribution in [2.45, 2.75) is 13.5 Å². The SMILES string of the molecule is CNC(=O)c1ccc(CNC/C(C)=C/c2ccccc2)cc1. The van der Waals surface area contributed by atoms with Gasteiger partial charge < -0.3 is 10.6 Å². The van der Waals surface area contributed by atoms with E-state index in [0.29, 0.717) is 5.56 Å². The van der Waals surface area contributed by atoms with E-state index in [1.54, 1.807) is 7.05 Å². The summed E-state index contributed by atoms with van der Waals surface area (Å²) in [5.41, 5.74) is 4.36. The van der Waals surface area contributed by atoms with E-state index in [-0.39, 0.29) is 5.91 Å². The van der Waals surface area contributed by atoms with Gasteiger partial charge in [0.2, 0.25) is 0 Å². The molecule has 0 atom stereocenters. The van der Waals surface area contributed by atoms with Gasteiger partial charge in [-0.25, -0.2) is 0 Å². The van der Waals surface area contributed by atoms with Crippen LogP contribution in [0.2, 0.25) is 0 Å². The number of amides is 1. The maximum absolute atomic E-state index is 11.5. The second-order valence-electron chi connectivity index (χ2n) is 5.28. The molecule has 0 heterocycles. The summed E-state index contributed by atoms with van der Waals surface area (Å²) < 4.78 is 0. The summed E-state index contributed by atoms with van der Waals surface area (Å²) in [4.78, 5) is 11.5. The molecular weight excluding hydrogens is 272 g/mol. The number of nitrogens with one attached hydrogen (secondary N) is 2. The van der Waals surface area contributed by atoms with Gasteiger partial charge >= 0.3 is 0 Å². The van der Waals surface area contributed by atoms with E-state index >= 15 is 0 Å². The third-order valence-corrected chi connectivity index (χ3v) is 3.39. The summed E-state index contributed by atoms with van der Waals surface area (Å²) >= 11 is 0. The number of rotatable bonds is 6. The second-order valence-corrected chi connectivity index (χ2v) is 5.28. The van der Waals surface area contributed by atoms with Crippen LogP contribution in [0, 0.1) is 0 Å². The Morgan fingerprint density at radius 3 is 2.36 bits per heavy atom. The fourth-order valence-corrected chi connectivity index (χ4v) is 2.21. The van der Waals surface area contributed by atoms with Crippen LogP contribution in [-0.4, -0.2) is 19.5 Å². The molecule has 3 heteroatoms. The molecule has 22 heavy (non-hydrogen) atoms. The molecule has 3 nitrogen and oxygen atoms in total. The van der Waals surface area contributed by atoms with Crippen molar-refractivity contribution in [3.63, 3.8) is 0 Å². The molecule has 0 unspecified atom stereocenters. The monoisotopic (exact) mass is 294 g/mol. The lowest BCUT2D eigenvalue weighted by Crippen LogP contribution is -2.18. The van der Waals surface area contributed by atoms with Gasteiger partial charge in [-0.05, 0) is 30.2 Å². The number of carbonyl (C=O) groups is 1. The highest BCUT2D eigenvalue weighted by Gasteiger charge is 2.02. The Hall–Kier alpha value is -2.39. The molecule has 0 saturated heterocycles. The van der Waals surface area contributed by atoms with Crippen molar-refractivity contribution in [2.75, 3.05) is 13.6 Å². The molecule has 0 aliphatic carbocycles. The molecule has 114 valence electrons. The smallest absolute Gasteiger partial charge is 0.251 e. The maximum atomic E-state index is 11.5. The lowest BCUT2D eigenvalue weighted by molar-refractivity contribution is 0.0963. The number of hydrogen-bond acceptors (Lipinski definition) is 2. The summed E-state index contributed by atoms with van der Waals surface area (Å²) in [5.74, 6) is -0.0545. The van der Waals surface area contributed by atoms with E-state index in [4.69, 9.17) is 0 Å². The zero-order chi connectivity index (χ0) is 15.8. The molecule has 1 amide bonds. The van der Waals surface area contributed by atoms with Crippen molar-refractivity contribution in [1.82, 2.24) is 10.6 Å². The standard InChI is InChI=1S/C19H22N2O/c1-15(12-16-6-4-3-5-7-16)13-21-14-17-8-10-18(11-9-17)19(22)20-2/h3-12,21H,13-14H2,1-2H3,(H,20,22)/b15-12+. The van der Waals surface area contributed by atoms with E-state index in [1.165, 1.54) is 16.7 Å². The number of benzene rings is 2. The lowest BCUT2D eigenvalue weighted by atomic mass is 10.1. The Kier molecular flexibility index (Phi) is 5.92. The molecule has 0 aliphatic heterocycles. The molecule has 0 bridgehead atoms. The minimum atomic E-state index is -0.0545. The lowest BCUT2D eigenvalue weighted by Gasteiger charge is -2.07. The van der Waals surface area contributed by atoms with Gasteiger partial charge in [0.25, 0.3) is 5.91 Å². The molecule has 0 fully saturated rings. The summed E-state index contributed by atoms with van der Waals surface area (Å²) in [6.07, 6.45) is 2.18. The van der Waals surface area contributed by atoms with Gasteiger partial charge in [-0.2, -0.15) is 0 Å². The average molecular weight is 294 g/mol. The zero-order valence-corrected chi connectivity index (χ0v) is 13.1. The highest BCUT2D eigenvalue weighted by atomic mass is 16.1. The number of hydrogen-bond donors (Lipinski definition) is 2. The van der Waals surface area contributed by atoms with Crippen molar-refractivity contribution in [1.29, 1.82) is 0 Å². The van der Waals surface area contributed by atoms with Crippen LogP contribution in [0.4, 0.5) is 0 Å². The maximum Gasteiger partial charge on any atom is 0.251 e. The predicted molar refractivity (Wildman–Crippen MR) is 91.6 cm³/mol. The first kappa shape index (κ1) is 16.0. The molecule has 0 aliphatic rings. The van der Waals surface area contributed by atoms with E-state index in [1.807, 2.05) is 42.5 Å². The van der Waals surface area contributed by atoms with Crippen LogP contribution in [-0.2, 0) is 6.54 Å². The first-order valence-electron chi connectivity index (χ1n) is 7.43. The van der Waals surface area contributed by atoms with Crippen LogP contribution in [0.3, 0.4) is 0 Å². The fourth-order valence-electron chi connectivity index (χ4n) is 2.21. The van der Waals surface area contributed by atoms with Gasteiger partial charge in [-0.15, -0.1) is 0 Å². The highest BCUT2D eigenvalue weighted by molar-refractivity contribution is 5.93. The third kappa shape index (κ3) is 4.86. The minimum absolute atomic E-state index is 0.0545. The van der Waals surface area contributed by atoms with Gasteiger partial charge in [0.15, 0.2) is 0 Å². The molecule has 0 saturated carbocycles. The summed E-state index contributed by atoms with van der Waals surface area (Å²) in [7, 11) is 1.64. The normalized spacial score (nSPS) is 11.3. The largest absolute Gasteiger partial charge is 0.355 e. The van der Waals surface area contributed by atoms with Crippen LogP contribution in [0.1, 0.15) is 28.4 Å². The van der Waals surface area contributed by atoms with Gasteiger partial charge in [0.05, 0.1) is 0 Å². The average Bonchev–Trinajstić information content (AvgIpc) is 2.55. The van der Waals surface area contributed by atoms with E-state index in [9.17, 15) is 4.79 Å². The van der Waals surface area contributed by atoms with Gasteiger partial charge in [0.1, 0.15) is 0 Å². The quantitative estimate of drug-likeness (QED) is 0.858. The van der Waals surface area contributed by atoms with Crippen molar-refractivity contribution >= 4 is 12.0 Å². The molecule has 0 aromatic heterocycles. The van der Waals surface area contributed by atoms with Crippen LogP contribution in [0.25, 0.3) is 6.08 Å². The van der Waals surface area contributed by atoms with Crippen LogP contribution < -0.4 is 10.6 Å². The van der Waals surface area contributed by atoms with Crippen LogP contribution in [0.15, 0.2) is 60.2 Å². The molecule has 0 spiro atoms. The van der Waals surface area contributed by atoms with Crippen molar-refractivity contribution in [3.8, 4) is 0 Å². The molecular formula is C19H22N2O. The van der Waals surface area contributed by atoms with Crippen molar-refractivity contribution < 1.29 is 4.79 Å². The summed E-state index contributed by atoms with van der Waals surface area (Å²) in [6, 6.07) is 18.0. The summed E-state index contributed by atoms with van der Waals surface area (Å²) in [5, 5.41) is 6.04. The first-order chi connectivity index (χ1) is 10.7. The Morgan fingerprint density at radius 1 is 1.05 bits per heavy atom. The topological polar surface area (TPSA) is 41.1 Å². The number of carbonyl (C=O) groups excluding carboxylic acids is 1. The van der Waals surface area contributed by atoms with Crippen molar-refractivity contribution in [3.05, 3.63) is 76.9 Å². The van der Waals surface area contributed by atoms with Crippen molar-refractivity contribution in [2.24, 2.45) is 0 Å². The van der Waals surface area contributed by atoms with E-state index in [0.717, 1.165) is 13.1 Å². The van der Waals surface area contributed by atoms with Gasteiger partial charge in [0, 0.05) is 25.7 Å². The molecule has 0 radical (unpaired) electrons. The fraction of sp³-hybridized carbons (Fsp3) is 0.211. The Labute approximate surface area is 132 Å². The molecule has 2 aromatic carbocycles. The summed E-state index contributed by atoms with van der Waals surface area (Å²) in [6.45, 7) is 3.74. The van der Waals surface area contributed by atoms with Crippen LogP contribution in [0.5, 0.6) is 0 Å². The molecule has 2 rings (SSSR count). The second kappa shape index (κ2) is 8.15.